The van der Waals surface area contributed by atoms with E-state index >= 15 is 0 Å². The Labute approximate surface area is 114 Å². The topological polar surface area (TPSA) is 88.3 Å². The van der Waals surface area contributed by atoms with Gasteiger partial charge in [-0.25, -0.2) is 0 Å². The first-order valence-corrected chi connectivity index (χ1v) is 6.39. The smallest absolute Gasteiger partial charge is 0.311 e. The predicted molar refractivity (Wildman–Crippen MR) is 72.6 cm³/mol. The van der Waals surface area contributed by atoms with E-state index in [9.17, 15) is 10.1 Å². The zero-order valence-electron chi connectivity index (χ0n) is 10.3. The third kappa shape index (κ3) is 3.39. The molecule has 1 heterocycles. The predicted octanol–water partition coefficient (Wildman–Crippen LogP) is 2.72. The Balaban J connectivity index is 3.13. The molecule has 100 valence electrons. The molecule has 0 saturated carbocycles. The molecule has 0 fully saturated rings. The molecule has 0 radical (unpaired) electrons. The van der Waals surface area contributed by atoms with Gasteiger partial charge in [0.15, 0.2) is 0 Å². The Morgan fingerprint density at radius 1 is 1.61 bits per heavy atom. The van der Waals surface area contributed by atoms with E-state index in [1.165, 1.54) is 12.4 Å². The summed E-state index contributed by atoms with van der Waals surface area (Å²) in [5.41, 5.74) is -0.0848. The van der Waals surface area contributed by atoms with E-state index in [1.807, 2.05) is 13.8 Å². The fraction of sp³-hybridized carbons (Fsp3) is 0.545. The van der Waals surface area contributed by atoms with Crippen LogP contribution in [0.15, 0.2) is 16.9 Å². The monoisotopic (exact) mass is 317 g/mol. The van der Waals surface area contributed by atoms with E-state index < -0.39 is 10.5 Å². The van der Waals surface area contributed by atoms with Crippen molar-refractivity contribution >= 4 is 27.3 Å². The molecule has 18 heavy (non-hydrogen) atoms. The minimum absolute atomic E-state index is 0.0217. The number of hydrogen-bond donors (Lipinski definition) is 2. The zero-order chi connectivity index (χ0) is 13.8. The number of hydrogen-bond acceptors (Lipinski definition) is 5. The quantitative estimate of drug-likeness (QED) is 0.622. The van der Waals surface area contributed by atoms with Gasteiger partial charge in [0.25, 0.3) is 0 Å². The number of aliphatic hydroxyl groups is 1. The average Bonchev–Trinajstić information content (AvgIpc) is 2.32. The normalized spacial score (nSPS) is 14.0. The van der Waals surface area contributed by atoms with E-state index in [0.717, 1.165) is 6.42 Å². The molecule has 0 saturated heterocycles. The van der Waals surface area contributed by atoms with Gasteiger partial charge < -0.3 is 10.4 Å². The molecule has 0 aliphatic heterocycles. The lowest BCUT2D eigenvalue weighted by Crippen LogP contribution is -2.35. The molecule has 1 unspecified atom stereocenters. The molecule has 1 rings (SSSR count). The summed E-state index contributed by atoms with van der Waals surface area (Å²) in [6, 6.07) is 0. The highest BCUT2D eigenvalue weighted by atomic mass is 79.9. The summed E-state index contributed by atoms with van der Waals surface area (Å²) in [6.45, 7) is 3.90. The van der Waals surface area contributed by atoms with Crippen LogP contribution in [0.5, 0.6) is 0 Å². The number of halogens is 1. The molecular weight excluding hydrogens is 302 g/mol. The Bertz CT molecular complexity index is 442. The lowest BCUT2D eigenvalue weighted by molar-refractivity contribution is -0.384. The maximum Gasteiger partial charge on any atom is 0.311 e. The summed E-state index contributed by atoms with van der Waals surface area (Å²) in [7, 11) is 0. The van der Waals surface area contributed by atoms with Gasteiger partial charge in [0.05, 0.1) is 9.40 Å². The SMILES string of the molecule is CCC(C)(CCO)Nc1c(Br)cncc1[N+](=O)[O-]. The number of rotatable bonds is 6. The molecule has 0 amide bonds. The molecule has 0 spiro atoms. The van der Waals surface area contributed by atoms with Crippen LogP contribution in [0.25, 0.3) is 0 Å². The Kier molecular flexibility index (Phi) is 5.03. The number of nitrogens with one attached hydrogen (secondary N) is 1. The van der Waals surface area contributed by atoms with E-state index in [2.05, 4.69) is 26.2 Å². The highest BCUT2D eigenvalue weighted by molar-refractivity contribution is 9.10. The minimum Gasteiger partial charge on any atom is -0.396 e. The number of aliphatic hydroxyl groups excluding tert-OH is 1. The lowest BCUT2D eigenvalue weighted by Gasteiger charge is -2.30. The van der Waals surface area contributed by atoms with Gasteiger partial charge >= 0.3 is 5.69 Å². The second-order valence-corrected chi connectivity index (χ2v) is 5.14. The van der Waals surface area contributed by atoms with Crippen LogP contribution >= 0.6 is 15.9 Å². The van der Waals surface area contributed by atoms with Crippen molar-refractivity contribution in [1.29, 1.82) is 0 Å². The van der Waals surface area contributed by atoms with Gasteiger partial charge in [0.2, 0.25) is 0 Å². The van der Waals surface area contributed by atoms with Crippen molar-refractivity contribution in [2.75, 3.05) is 11.9 Å². The van der Waals surface area contributed by atoms with E-state index in [-0.39, 0.29) is 12.3 Å². The summed E-state index contributed by atoms with van der Waals surface area (Å²) in [4.78, 5) is 14.3. The molecule has 0 aliphatic carbocycles. The maximum atomic E-state index is 11.0. The summed E-state index contributed by atoms with van der Waals surface area (Å²) >= 11 is 3.26. The van der Waals surface area contributed by atoms with Crippen molar-refractivity contribution in [3.8, 4) is 0 Å². The largest absolute Gasteiger partial charge is 0.396 e. The first kappa shape index (κ1) is 14.8. The van der Waals surface area contributed by atoms with Gasteiger partial charge in [-0.3, -0.25) is 15.1 Å². The van der Waals surface area contributed by atoms with Crippen LogP contribution in [0.1, 0.15) is 26.7 Å². The Hall–Kier alpha value is -1.21. The fourth-order valence-electron chi connectivity index (χ4n) is 1.56. The van der Waals surface area contributed by atoms with Crippen LogP contribution < -0.4 is 5.32 Å². The van der Waals surface area contributed by atoms with Crippen molar-refractivity contribution < 1.29 is 10.0 Å². The molecule has 7 heteroatoms. The second-order valence-electron chi connectivity index (χ2n) is 4.29. The standard InChI is InChI=1S/C11H16BrN3O3/c1-3-11(2,4-5-16)14-10-8(12)6-13-7-9(10)15(17)18/h6-7,16H,3-5H2,1-2H3,(H,13,14). The van der Waals surface area contributed by atoms with Gasteiger partial charge in [0.1, 0.15) is 11.9 Å². The molecule has 6 nitrogen and oxygen atoms in total. The van der Waals surface area contributed by atoms with Gasteiger partial charge in [-0.2, -0.15) is 0 Å². The minimum atomic E-state index is -0.477. The fourth-order valence-corrected chi connectivity index (χ4v) is 1.98. The van der Waals surface area contributed by atoms with Crippen molar-refractivity contribution in [1.82, 2.24) is 4.98 Å². The lowest BCUT2D eigenvalue weighted by atomic mass is 9.94. The number of pyridine rings is 1. The van der Waals surface area contributed by atoms with Crippen molar-refractivity contribution in [2.24, 2.45) is 0 Å². The number of nitro groups is 1. The molecule has 1 aromatic rings. The molecular formula is C11H16BrN3O3. The summed E-state index contributed by atoms with van der Waals surface area (Å²) < 4.78 is 0.536. The highest BCUT2D eigenvalue weighted by Crippen LogP contribution is 2.34. The van der Waals surface area contributed by atoms with Crippen LogP contribution in [-0.2, 0) is 0 Å². The Morgan fingerprint density at radius 3 is 2.78 bits per heavy atom. The zero-order valence-corrected chi connectivity index (χ0v) is 11.9. The van der Waals surface area contributed by atoms with Crippen LogP contribution in [0.4, 0.5) is 11.4 Å². The van der Waals surface area contributed by atoms with Crippen molar-refractivity contribution in [2.45, 2.75) is 32.2 Å². The van der Waals surface area contributed by atoms with Crippen molar-refractivity contribution in [3.05, 3.63) is 27.0 Å². The van der Waals surface area contributed by atoms with Gasteiger partial charge in [0, 0.05) is 18.3 Å². The maximum absolute atomic E-state index is 11.0. The number of aromatic nitrogens is 1. The van der Waals surface area contributed by atoms with E-state index in [1.54, 1.807) is 0 Å². The number of anilines is 1. The molecule has 2 N–H and O–H groups in total. The third-order valence-corrected chi connectivity index (χ3v) is 3.55. The van der Waals surface area contributed by atoms with Crippen LogP contribution in [0.3, 0.4) is 0 Å². The first-order chi connectivity index (χ1) is 8.43. The van der Waals surface area contributed by atoms with E-state index in [0.29, 0.717) is 16.6 Å². The summed E-state index contributed by atoms with van der Waals surface area (Å²) in [5.74, 6) is 0. The van der Waals surface area contributed by atoms with Crippen LogP contribution in [-0.4, -0.2) is 27.2 Å². The average molecular weight is 318 g/mol. The van der Waals surface area contributed by atoms with E-state index in [4.69, 9.17) is 5.11 Å². The highest BCUT2D eigenvalue weighted by Gasteiger charge is 2.26. The number of nitrogens with zero attached hydrogens (tertiary/aromatic N) is 2. The van der Waals surface area contributed by atoms with Gasteiger partial charge in [-0.05, 0) is 35.7 Å². The third-order valence-electron chi connectivity index (χ3n) is 2.95. The Morgan fingerprint density at radius 2 is 2.28 bits per heavy atom. The van der Waals surface area contributed by atoms with Crippen molar-refractivity contribution in [3.63, 3.8) is 0 Å². The summed E-state index contributed by atoms with van der Waals surface area (Å²) in [5, 5.41) is 23.2. The molecule has 1 aromatic heterocycles. The summed E-state index contributed by atoms with van der Waals surface area (Å²) in [6.07, 6.45) is 3.96. The van der Waals surface area contributed by atoms with Gasteiger partial charge in [-0.1, -0.05) is 6.92 Å². The van der Waals surface area contributed by atoms with Crippen LogP contribution in [0, 0.1) is 10.1 Å². The molecule has 0 bridgehead atoms. The molecule has 1 atom stereocenters. The molecule has 0 aliphatic rings. The first-order valence-electron chi connectivity index (χ1n) is 5.60. The van der Waals surface area contributed by atoms with Crippen LogP contribution in [0.2, 0.25) is 0 Å². The van der Waals surface area contributed by atoms with Gasteiger partial charge in [-0.15, -0.1) is 0 Å². The second kappa shape index (κ2) is 6.10. The molecule has 0 aromatic carbocycles.